The second-order valence-corrected chi connectivity index (χ2v) is 9.62. The van der Waals surface area contributed by atoms with E-state index in [1.807, 2.05) is 0 Å². The fourth-order valence-corrected chi connectivity index (χ4v) is 4.48. The normalized spacial score (nSPS) is 11.6. The first-order chi connectivity index (χ1) is 16.4. The molecular formula is C32H49N. The van der Waals surface area contributed by atoms with Gasteiger partial charge in [-0.2, -0.15) is 0 Å². The van der Waals surface area contributed by atoms with Gasteiger partial charge in [0, 0.05) is 13.1 Å². The predicted molar refractivity (Wildman–Crippen MR) is 146 cm³/mol. The molecule has 0 atom stereocenters. The first-order valence-corrected chi connectivity index (χ1v) is 13.8. The van der Waals surface area contributed by atoms with Crippen molar-refractivity contribution >= 4 is 0 Å². The van der Waals surface area contributed by atoms with E-state index in [9.17, 15) is 0 Å². The molecule has 0 unspecified atom stereocenters. The van der Waals surface area contributed by atoms with E-state index in [2.05, 4.69) is 84.6 Å². The van der Waals surface area contributed by atoms with Crippen LogP contribution in [0.15, 0.2) is 72.8 Å². The minimum atomic E-state index is 1.05. The Morgan fingerprint density at radius 1 is 0.515 bits per heavy atom. The lowest BCUT2D eigenvalue weighted by Crippen LogP contribution is -2.24. The van der Waals surface area contributed by atoms with Gasteiger partial charge in [0.2, 0.25) is 0 Å². The Hall–Kier alpha value is -1.86. The van der Waals surface area contributed by atoms with E-state index in [1.165, 1.54) is 108 Å². The zero-order valence-electron chi connectivity index (χ0n) is 21.4. The lowest BCUT2D eigenvalue weighted by atomic mass is 10.1. The summed E-state index contributed by atoms with van der Waals surface area (Å²) in [4.78, 5) is 2.61. The number of hydrogen-bond acceptors (Lipinski definition) is 1. The van der Waals surface area contributed by atoms with E-state index in [0.717, 1.165) is 13.1 Å². The van der Waals surface area contributed by atoms with Gasteiger partial charge in [-0.3, -0.25) is 4.90 Å². The van der Waals surface area contributed by atoms with Crippen molar-refractivity contribution in [3.05, 3.63) is 83.9 Å². The van der Waals surface area contributed by atoms with Gasteiger partial charge in [0.1, 0.15) is 0 Å². The van der Waals surface area contributed by atoms with Crippen LogP contribution in [0.25, 0.3) is 0 Å². The lowest BCUT2D eigenvalue weighted by Gasteiger charge is -2.22. The van der Waals surface area contributed by atoms with Gasteiger partial charge in [-0.1, -0.05) is 138 Å². The van der Waals surface area contributed by atoms with E-state index < -0.39 is 0 Å². The number of benzene rings is 2. The molecule has 0 heterocycles. The van der Waals surface area contributed by atoms with Gasteiger partial charge in [-0.25, -0.2) is 0 Å². The summed E-state index contributed by atoms with van der Waals surface area (Å²) in [5.41, 5.74) is 2.83. The Balaban J connectivity index is 1.49. The average Bonchev–Trinajstić information content (AvgIpc) is 2.85. The number of nitrogens with zero attached hydrogens (tertiary/aromatic N) is 1. The molecule has 0 aliphatic heterocycles. The first-order valence-electron chi connectivity index (χ1n) is 13.8. The molecule has 2 aromatic rings. The Labute approximate surface area is 205 Å². The molecule has 0 spiro atoms. The molecule has 1 heteroatoms. The molecule has 182 valence electrons. The molecule has 0 bridgehead atoms. The van der Waals surface area contributed by atoms with Crippen molar-refractivity contribution in [1.29, 1.82) is 0 Å². The summed E-state index contributed by atoms with van der Waals surface area (Å²) >= 11 is 0. The van der Waals surface area contributed by atoms with Gasteiger partial charge in [0.25, 0.3) is 0 Å². The minimum absolute atomic E-state index is 1.05. The van der Waals surface area contributed by atoms with E-state index >= 15 is 0 Å². The SMILES string of the molecule is CCCCC/C=C/CCCCCCCCCCCN(Cc1ccccc1)Cc1ccccc1. The minimum Gasteiger partial charge on any atom is -0.295 e. The van der Waals surface area contributed by atoms with Crippen molar-refractivity contribution in [2.24, 2.45) is 0 Å². The maximum absolute atomic E-state index is 2.61. The van der Waals surface area contributed by atoms with Crippen LogP contribution >= 0.6 is 0 Å². The van der Waals surface area contributed by atoms with Gasteiger partial charge in [-0.15, -0.1) is 0 Å². The van der Waals surface area contributed by atoms with Gasteiger partial charge < -0.3 is 0 Å². The molecule has 0 aliphatic rings. The van der Waals surface area contributed by atoms with Crippen molar-refractivity contribution in [2.75, 3.05) is 6.54 Å². The van der Waals surface area contributed by atoms with Crippen molar-refractivity contribution < 1.29 is 0 Å². The summed E-state index contributed by atoms with van der Waals surface area (Å²) in [6.07, 6.45) is 24.0. The predicted octanol–water partition coefficient (Wildman–Crippen LogP) is 9.73. The average molecular weight is 448 g/mol. The summed E-state index contributed by atoms with van der Waals surface area (Å²) < 4.78 is 0. The largest absolute Gasteiger partial charge is 0.295 e. The van der Waals surface area contributed by atoms with Gasteiger partial charge >= 0.3 is 0 Å². The molecule has 2 rings (SSSR count). The van der Waals surface area contributed by atoms with Crippen LogP contribution in [0.2, 0.25) is 0 Å². The number of hydrogen-bond donors (Lipinski definition) is 0. The van der Waals surface area contributed by atoms with E-state index in [1.54, 1.807) is 0 Å². The zero-order chi connectivity index (χ0) is 23.2. The van der Waals surface area contributed by atoms with Crippen molar-refractivity contribution in [3.8, 4) is 0 Å². The smallest absolute Gasteiger partial charge is 0.0237 e. The standard InChI is InChI=1S/C32H49N/c1-2-3-4-5-6-7-8-9-10-11-12-13-14-15-16-23-28-33(29-31-24-19-17-20-25-31)30-32-26-21-18-22-27-32/h6-7,17-22,24-27H,2-5,8-16,23,28-30H2,1H3/b7-6+. The van der Waals surface area contributed by atoms with Crippen LogP contribution in [-0.4, -0.2) is 11.4 Å². The third kappa shape index (κ3) is 14.8. The van der Waals surface area contributed by atoms with Crippen LogP contribution in [-0.2, 0) is 13.1 Å². The highest BCUT2D eigenvalue weighted by Crippen LogP contribution is 2.14. The topological polar surface area (TPSA) is 3.24 Å². The summed E-state index contributed by atoms with van der Waals surface area (Å²) in [5, 5.41) is 0. The second-order valence-electron chi connectivity index (χ2n) is 9.62. The third-order valence-corrected chi connectivity index (χ3v) is 6.48. The van der Waals surface area contributed by atoms with Crippen LogP contribution in [0.1, 0.15) is 108 Å². The molecule has 0 amide bonds. The molecule has 0 saturated heterocycles. The molecule has 0 radical (unpaired) electrons. The summed E-state index contributed by atoms with van der Waals surface area (Å²) in [5.74, 6) is 0. The molecule has 2 aromatic carbocycles. The monoisotopic (exact) mass is 447 g/mol. The molecule has 33 heavy (non-hydrogen) atoms. The fourth-order valence-electron chi connectivity index (χ4n) is 4.48. The van der Waals surface area contributed by atoms with Crippen LogP contribution in [0.5, 0.6) is 0 Å². The number of rotatable bonds is 20. The zero-order valence-corrected chi connectivity index (χ0v) is 21.4. The van der Waals surface area contributed by atoms with Crippen molar-refractivity contribution in [1.82, 2.24) is 4.90 Å². The highest BCUT2D eigenvalue weighted by Gasteiger charge is 2.07. The molecule has 0 saturated carbocycles. The third-order valence-electron chi connectivity index (χ3n) is 6.48. The van der Waals surface area contributed by atoms with Gasteiger partial charge in [-0.05, 0) is 49.8 Å². The van der Waals surface area contributed by atoms with Crippen LogP contribution in [0.4, 0.5) is 0 Å². The first kappa shape index (κ1) is 27.4. The van der Waals surface area contributed by atoms with Crippen LogP contribution < -0.4 is 0 Å². The van der Waals surface area contributed by atoms with E-state index in [4.69, 9.17) is 0 Å². The lowest BCUT2D eigenvalue weighted by molar-refractivity contribution is 0.250. The Kier molecular flexibility index (Phi) is 16.3. The maximum Gasteiger partial charge on any atom is 0.0237 e. The second kappa shape index (κ2) is 19.6. The molecule has 0 N–H and O–H groups in total. The van der Waals surface area contributed by atoms with Crippen LogP contribution in [0.3, 0.4) is 0 Å². The summed E-state index contributed by atoms with van der Waals surface area (Å²) in [7, 11) is 0. The van der Waals surface area contributed by atoms with E-state index in [0.29, 0.717) is 0 Å². The number of unbranched alkanes of at least 4 members (excludes halogenated alkanes) is 12. The highest BCUT2D eigenvalue weighted by atomic mass is 15.1. The maximum atomic E-state index is 2.61. The fraction of sp³-hybridized carbons (Fsp3) is 0.562. The molecular weight excluding hydrogens is 398 g/mol. The molecule has 0 aliphatic carbocycles. The number of allylic oxidation sites excluding steroid dienone is 2. The van der Waals surface area contributed by atoms with E-state index in [-0.39, 0.29) is 0 Å². The highest BCUT2D eigenvalue weighted by molar-refractivity contribution is 5.17. The van der Waals surface area contributed by atoms with Crippen LogP contribution in [0, 0.1) is 0 Å². The molecule has 0 fully saturated rings. The van der Waals surface area contributed by atoms with Gasteiger partial charge in [0.15, 0.2) is 0 Å². The van der Waals surface area contributed by atoms with Gasteiger partial charge in [0.05, 0.1) is 0 Å². The quantitative estimate of drug-likeness (QED) is 0.144. The van der Waals surface area contributed by atoms with Crippen molar-refractivity contribution in [3.63, 3.8) is 0 Å². The summed E-state index contributed by atoms with van der Waals surface area (Å²) in [6, 6.07) is 21.8. The Morgan fingerprint density at radius 2 is 0.939 bits per heavy atom. The Morgan fingerprint density at radius 3 is 1.42 bits per heavy atom. The molecule has 0 aromatic heterocycles. The Bertz CT molecular complexity index is 649. The van der Waals surface area contributed by atoms with Crippen molar-refractivity contribution in [2.45, 2.75) is 110 Å². The summed E-state index contributed by atoms with van der Waals surface area (Å²) in [6.45, 7) is 5.56. The molecule has 1 nitrogen and oxygen atoms in total.